The zero-order valence-electron chi connectivity index (χ0n) is 18.4. The predicted molar refractivity (Wildman–Crippen MR) is 138 cm³/mol. The van der Waals surface area contributed by atoms with Crippen LogP contribution in [0.4, 0.5) is 14.9 Å². The minimum atomic E-state index is -1.23. The van der Waals surface area contributed by atoms with Gasteiger partial charge in [-0.05, 0) is 76.2 Å². The molecule has 2 unspecified atom stereocenters. The van der Waals surface area contributed by atoms with Gasteiger partial charge in [-0.15, -0.1) is 0 Å². The predicted octanol–water partition coefficient (Wildman–Crippen LogP) is 4.94. The number of anilines is 1. The van der Waals surface area contributed by atoms with Crippen LogP contribution in [0.2, 0.25) is 5.02 Å². The summed E-state index contributed by atoms with van der Waals surface area (Å²) in [5.41, 5.74) is 1.17. The van der Waals surface area contributed by atoms with Crippen molar-refractivity contribution in [2.75, 3.05) is 12.4 Å². The van der Waals surface area contributed by atoms with Gasteiger partial charge in [0.15, 0.2) is 0 Å². The average molecular weight is 608 g/mol. The van der Waals surface area contributed by atoms with Gasteiger partial charge in [-0.3, -0.25) is 9.59 Å². The molecule has 1 heterocycles. The number of nitrogens with one attached hydrogen (secondary N) is 2. The first-order chi connectivity index (χ1) is 16.8. The third-order valence-electron chi connectivity index (χ3n) is 5.57. The maximum Gasteiger partial charge on any atom is 0.325 e. The lowest BCUT2D eigenvalue weighted by Crippen LogP contribution is -2.49. The minimum absolute atomic E-state index is 0.0173. The second-order valence-corrected chi connectivity index (χ2v) is 9.51. The molecule has 1 aliphatic heterocycles. The number of amides is 4. The first kappa shape index (κ1) is 24.9. The molecule has 4 amide bonds. The molecule has 10 heteroatoms. The van der Waals surface area contributed by atoms with E-state index in [2.05, 4.69) is 10.6 Å². The van der Waals surface area contributed by atoms with Crippen molar-refractivity contribution >= 4 is 57.7 Å². The number of urea groups is 1. The summed E-state index contributed by atoms with van der Waals surface area (Å²) in [6.07, 6.45) is 0.0173. The van der Waals surface area contributed by atoms with Crippen molar-refractivity contribution in [3.05, 3.63) is 92.3 Å². The number of rotatable bonds is 7. The van der Waals surface area contributed by atoms with Gasteiger partial charge in [0.1, 0.15) is 23.7 Å². The Morgan fingerprint density at radius 1 is 1.14 bits per heavy atom. The van der Waals surface area contributed by atoms with Gasteiger partial charge in [0.2, 0.25) is 5.91 Å². The molecule has 1 aliphatic rings. The van der Waals surface area contributed by atoms with E-state index < -0.39 is 35.7 Å². The van der Waals surface area contributed by atoms with Gasteiger partial charge in [-0.1, -0.05) is 35.9 Å². The fraction of sp³-hybridized carbons (Fsp3) is 0.160. The maximum absolute atomic E-state index is 14.4. The lowest BCUT2D eigenvalue weighted by molar-refractivity contribution is -0.134. The number of imide groups is 1. The average Bonchev–Trinajstić information content (AvgIpc) is 3.14. The van der Waals surface area contributed by atoms with E-state index in [1.807, 2.05) is 22.6 Å². The Hall–Kier alpha value is -3.18. The number of nitrogens with zero attached hydrogens (tertiary/aromatic N) is 1. The zero-order valence-corrected chi connectivity index (χ0v) is 21.3. The van der Waals surface area contributed by atoms with Gasteiger partial charge in [-0.25, -0.2) is 14.1 Å². The van der Waals surface area contributed by atoms with Gasteiger partial charge in [0.25, 0.3) is 5.91 Å². The van der Waals surface area contributed by atoms with E-state index in [4.69, 9.17) is 16.3 Å². The van der Waals surface area contributed by atoms with Crippen LogP contribution in [0, 0.1) is 9.39 Å². The Morgan fingerprint density at radius 3 is 2.46 bits per heavy atom. The van der Waals surface area contributed by atoms with Crippen LogP contribution in [0.3, 0.4) is 0 Å². The molecule has 3 aromatic carbocycles. The SMILES string of the molecule is COc1ccc(C2NC(=O)N(C(Cc3ccc(Cl)cc3)C(=O)Nc3ccc(I)cc3F)C2=O)cc1. The van der Waals surface area contributed by atoms with Crippen molar-refractivity contribution in [3.8, 4) is 5.75 Å². The van der Waals surface area contributed by atoms with Crippen molar-refractivity contribution in [2.24, 2.45) is 0 Å². The number of carbonyl (C=O) groups is 3. The summed E-state index contributed by atoms with van der Waals surface area (Å²) in [5.74, 6) is -1.30. The van der Waals surface area contributed by atoms with Crippen molar-refractivity contribution in [1.82, 2.24) is 10.2 Å². The number of hydrogen-bond donors (Lipinski definition) is 2. The molecule has 2 atom stereocenters. The summed E-state index contributed by atoms with van der Waals surface area (Å²) in [6.45, 7) is 0. The quantitative estimate of drug-likeness (QED) is 0.295. The largest absolute Gasteiger partial charge is 0.497 e. The molecule has 4 rings (SSSR count). The summed E-state index contributed by atoms with van der Waals surface area (Å²) in [7, 11) is 1.52. The Morgan fingerprint density at radius 2 is 1.83 bits per heavy atom. The molecule has 0 aromatic heterocycles. The molecule has 35 heavy (non-hydrogen) atoms. The minimum Gasteiger partial charge on any atom is -0.497 e. The van der Waals surface area contributed by atoms with E-state index in [1.54, 1.807) is 54.6 Å². The smallest absolute Gasteiger partial charge is 0.325 e. The van der Waals surface area contributed by atoms with Crippen molar-refractivity contribution in [2.45, 2.75) is 18.5 Å². The van der Waals surface area contributed by atoms with Gasteiger partial charge in [-0.2, -0.15) is 0 Å². The Kier molecular flexibility index (Phi) is 7.56. The molecule has 1 saturated heterocycles. The second-order valence-electron chi connectivity index (χ2n) is 7.82. The number of benzene rings is 3. The van der Waals surface area contributed by atoms with E-state index in [0.29, 0.717) is 25.5 Å². The number of methoxy groups -OCH3 is 1. The van der Waals surface area contributed by atoms with Crippen molar-refractivity contribution in [1.29, 1.82) is 0 Å². The number of hydrogen-bond acceptors (Lipinski definition) is 4. The highest BCUT2D eigenvalue weighted by atomic mass is 127. The molecule has 0 radical (unpaired) electrons. The Bertz CT molecular complexity index is 1270. The van der Waals surface area contributed by atoms with E-state index >= 15 is 0 Å². The molecule has 0 saturated carbocycles. The maximum atomic E-state index is 14.4. The fourth-order valence-corrected chi connectivity index (χ4v) is 4.34. The highest BCUT2D eigenvalue weighted by molar-refractivity contribution is 14.1. The van der Waals surface area contributed by atoms with Crippen LogP contribution in [-0.2, 0) is 16.0 Å². The topological polar surface area (TPSA) is 87.7 Å². The summed E-state index contributed by atoms with van der Waals surface area (Å²) in [5, 5.41) is 5.67. The van der Waals surface area contributed by atoms with Crippen LogP contribution in [0.5, 0.6) is 5.75 Å². The van der Waals surface area contributed by atoms with E-state index in [9.17, 15) is 18.8 Å². The standard InChI is InChI=1S/C25H20ClFIN3O4/c1-35-18-9-4-15(5-10-18)22-24(33)31(25(34)30-22)21(12-14-2-6-16(26)7-3-14)23(32)29-20-11-8-17(28)13-19(20)27/h2-11,13,21-22H,12H2,1H3,(H,29,32)(H,30,34). The second kappa shape index (κ2) is 10.6. The lowest BCUT2D eigenvalue weighted by Gasteiger charge is -2.25. The number of carbonyl (C=O) groups excluding carboxylic acids is 3. The summed E-state index contributed by atoms with van der Waals surface area (Å²) in [6, 6.07) is 14.8. The van der Waals surface area contributed by atoms with Crippen LogP contribution in [0.15, 0.2) is 66.7 Å². The third kappa shape index (κ3) is 5.57. The lowest BCUT2D eigenvalue weighted by atomic mass is 10.0. The van der Waals surface area contributed by atoms with Gasteiger partial charge >= 0.3 is 6.03 Å². The van der Waals surface area contributed by atoms with Crippen molar-refractivity contribution in [3.63, 3.8) is 0 Å². The Labute approximate surface area is 219 Å². The third-order valence-corrected chi connectivity index (χ3v) is 6.49. The van der Waals surface area contributed by atoms with Gasteiger partial charge in [0, 0.05) is 15.0 Å². The summed E-state index contributed by atoms with van der Waals surface area (Å²) in [4.78, 5) is 40.5. The molecule has 2 N–H and O–H groups in total. The molecule has 7 nitrogen and oxygen atoms in total. The van der Waals surface area contributed by atoms with E-state index in [0.717, 1.165) is 4.90 Å². The first-order valence-corrected chi connectivity index (χ1v) is 12.0. The molecule has 0 aliphatic carbocycles. The van der Waals surface area contributed by atoms with Crippen LogP contribution in [0.25, 0.3) is 0 Å². The molecule has 180 valence electrons. The molecular formula is C25H20ClFIN3O4. The molecule has 3 aromatic rings. The highest BCUT2D eigenvalue weighted by Crippen LogP contribution is 2.27. The molecular weight excluding hydrogens is 588 g/mol. The van der Waals surface area contributed by atoms with Crippen LogP contribution < -0.4 is 15.4 Å². The summed E-state index contributed by atoms with van der Waals surface area (Å²) >= 11 is 7.93. The van der Waals surface area contributed by atoms with Gasteiger partial charge < -0.3 is 15.4 Å². The van der Waals surface area contributed by atoms with E-state index in [1.165, 1.54) is 19.2 Å². The fourth-order valence-electron chi connectivity index (χ4n) is 3.76. The number of ether oxygens (including phenoxy) is 1. The summed E-state index contributed by atoms with van der Waals surface area (Å²) < 4.78 is 20.2. The number of halogens is 3. The normalized spacial score (nSPS) is 16.1. The van der Waals surface area contributed by atoms with Crippen LogP contribution in [0.1, 0.15) is 17.2 Å². The van der Waals surface area contributed by atoms with E-state index in [-0.39, 0.29) is 12.1 Å². The molecule has 0 spiro atoms. The van der Waals surface area contributed by atoms with Crippen LogP contribution >= 0.6 is 34.2 Å². The molecule has 0 bridgehead atoms. The molecule has 1 fully saturated rings. The van der Waals surface area contributed by atoms with Crippen LogP contribution in [-0.4, -0.2) is 35.9 Å². The van der Waals surface area contributed by atoms with Gasteiger partial charge in [0.05, 0.1) is 12.8 Å². The van der Waals surface area contributed by atoms with Crippen molar-refractivity contribution < 1.29 is 23.5 Å². The first-order valence-electron chi connectivity index (χ1n) is 10.5. The monoisotopic (exact) mass is 607 g/mol. The Balaban J connectivity index is 1.64. The highest BCUT2D eigenvalue weighted by Gasteiger charge is 2.45. The zero-order chi connectivity index (χ0) is 25.1.